The van der Waals surface area contributed by atoms with Crippen LogP contribution in [0.25, 0.3) is 0 Å². The molecule has 138 valence electrons. The smallest absolute Gasteiger partial charge is 0.303 e. The van der Waals surface area contributed by atoms with E-state index in [-0.39, 0.29) is 29.4 Å². The monoisotopic (exact) mass is 440 g/mol. The van der Waals surface area contributed by atoms with Gasteiger partial charge < -0.3 is 9.84 Å². The molecule has 0 saturated carbocycles. The highest BCUT2D eigenvalue weighted by atomic mass is 79.9. The number of aromatic amines is 1. The van der Waals surface area contributed by atoms with Crippen LogP contribution in [0.2, 0.25) is 0 Å². The molecule has 0 amide bonds. The maximum Gasteiger partial charge on any atom is 0.303 e. The maximum absolute atomic E-state index is 12.3. The van der Waals surface area contributed by atoms with Gasteiger partial charge in [-0.25, -0.2) is 0 Å². The number of aromatic nitrogens is 3. The van der Waals surface area contributed by atoms with E-state index in [9.17, 15) is 9.59 Å². The zero-order valence-corrected chi connectivity index (χ0v) is 16.5. The fourth-order valence-electron chi connectivity index (χ4n) is 1.99. The molecule has 0 spiro atoms. The van der Waals surface area contributed by atoms with E-state index in [0.29, 0.717) is 5.75 Å². The number of ether oxygens (including phenoxy) is 1. The number of carboxylic acids is 1. The van der Waals surface area contributed by atoms with Gasteiger partial charge in [0, 0.05) is 6.42 Å². The molecule has 0 aliphatic heterocycles. The summed E-state index contributed by atoms with van der Waals surface area (Å²) in [5, 5.41) is 19.1. The van der Waals surface area contributed by atoms with Crippen molar-refractivity contribution in [2.75, 3.05) is 0 Å². The van der Waals surface area contributed by atoms with Crippen molar-refractivity contribution in [3.05, 3.63) is 49.1 Å². The van der Waals surface area contributed by atoms with Crippen LogP contribution < -0.4 is 10.3 Å². The minimum atomic E-state index is -1.02. The van der Waals surface area contributed by atoms with Gasteiger partial charge >= 0.3 is 5.97 Å². The highest BCUT2D eigenvalue weighted by Gasteiger charge is 2.09. The number of benzene rings is 1. The number of carbonyl (C=O) groups is 1. The molecule has 1 heterocycles. The Morgan fingerprint density at radius 2 is 2.27 bits per heavy atom. The van der Waals surface area contributed by atoms with Crippen LogP contribution in [0.3, 0.4) is 0 Å². The van der Waals surface area contributed by atoms with Gasteiger partial charge in [0.15, 0.2) is 0 Å². The van der Waals surface area contributed by atoms with Crippen molar-refractivity contribution in [1.29, 1.82) is 0 Å². The first kappa shape index (κ1) is 20.0. The summed E-state index contributed by atoms with van der Waals surface area (Å²) in [6.45, 7) is 3.86. The molecule has 26 heavy (non-hydrogen) atoms. The second-order valence-corrected chi connectivity index (χ2v) is 6.83. The number of rotatable bonds is 7. The SMILES string of the molecule is CC(C)Oc1ccc(/C=N\n2c(=S)[nH]nc(CCC(=O)O)c2=O)cc1Br. The lowest BCUT2D eigenvalue weighted by Crippen LogP contribution is -2.25. The molecule has 0 saturated heterocycles. The van der Waals surface area contributed by atoms with Gasteiger partial charge in [0.1, 0.15) is 11.4 Å². The first-order valence-electron chi connectivity index (χ1n) is 7.71. The van der Waals surface area contributed by atoms with Gasteiger partial charge in [0.25, 0.3) is 5.56 Å². The summed E-state index contributed by atoms with van der Waals surface area (Å²) >= 11 is 8.46. The van der Waals surface area contributed by atoms with Gasteiger partial charge in [-0.2, -0.15) is 14.9 Å². The van der Waals surface area contributed by atoms with E-state index in [1.807, 2.05) is 13.8 Å². The third-order valence-corrected chi connectivity index (χ3v) is 4.02. The molecule has 1 aromatic carbocycles. The first-order chi connectivity index (χ1) is 12.3. The summed E-state index contributed by atoms with van der Waals surface area (Å²) in [6.07, 6.45) is 1.29. The number of carboxylic acid groups (broad SMARTS) is 1. The van der Waals surface area contributed by atoms with Crippen molar-refractivity contribution in [3.8, 4) is 5.75 Å². The van der Waals surface area contributed by atoms with Crippen LogP contribution in [-0.4, -0.2) is 38.3 Å². The summed E-state index contributed by atoms with van der Waals surface area (Å²) < 4.78 is 7.39. The lowest BCUT2D eigenvalue weighted by Gasteiger charge is -2.11. The van der Waals surface area contributed by atoms with Crippen molar-refractivity contribution in [2.45, 2.75) is 32.8 Å². The van der Waals surface area contributed by atoms with Crippen LogP contribution in [0.1, 0.15) is 31.5 Å². The topological polar surface area (TPSA) is 110 Å². The predicted octanol–water partition coefficient (Wildman–Crippen LogP) is 2.75. The fourth-order valence-corrected chi connectivity index (χ4v) is 2.65. The van der Waals surface area contributed by atoms with Crippen LogP contribution in [0, 0.1) is 4.77 Å². The van der Waals surface area contributed by atoms with Gasteiger partial charge in [-0.3, -0.25) is 14.7 Å². The molecule has 0 fully saturated rings. The van der Waals surface area contributed by atoms with Crippen molar-refractivity contribution in [2.24, 2.45) is 5.10 Å². The number of nitrogens with zero attached hydrogens (tertiary/aromatic N) is 3. The molecule has 0 bridgehead atoms. The first-order valence-corrected chi connectivity index (χ1v) is 8.91. The van der Waals surface area contributed by atoms with E-state index in [1.165, 1.54) is 6.21 Å². The Hall–Kier alpha value is -2.33. The standard InChI is InChI=1S/C16H17BrN4O4S/c1-9(2)25-13-5-3-10(7-11(13)17)8-18-21-15(24)12(4-6-14(22)23)19-20-16(21)26/h3,5,7-9H,4,6H2,1-2H3,(H,20,26)(H,22,23)/b18-8-. The molecule has 0 radical (unpaired) electrons. The van der Waals surface area contributed by atoms with E-state index in [1.54, 1.807) is 18.2 Å². The third-order valence-electron chi connectivity index (χ3n) is 3.13. The average molecular weight is 441 g/mol. The highest BCUT2D eigenvalue weighted by molar-refractivity contribution is 9.10. The van der Waals surface area contributed by atoms with E-state index < -0.39 is 11.5 Å². The van der Waals surface area contributed by atoms with Gasteiger partial charge in [0.05, 0.1) is 23.2 Å². The summed E-state index contributed by atoms with van der Waals surface area (Å²) in [6, 6.07) is 5.38. The zero-order valence-electron chi connectivity index (χ0n) is 14.1. The minimum absolute atomic E-state index is 0.0113. The van der Waals surface area contributed by atoms with E-state index >= 15 is 0 Å². The molecule has 0 atom stereocenters. The Morgan fingerprint density at radius 1 is 1.54 bits per heavy atom. The normalized spacial score (nSPS) is 11.2. The molecule has 1 aromatic heterocycles. The second kappa shape index (κ2) is 8.86. The molecule has 2 aromatic rings. The number of hydrogen-bond donors (Lipinski definition) is 2. The molecule has 0 unspecified atom stereocenters. The Labute approximate surface area is 162 Å². The number of hydrogen-bond acceptors (Lipinski definition) is 6. The van der Waals surface area contributed by atoms with E-state index in [0.717, 1.165) is 14.7 Å². The van der Waals surface area contributed by atoms with Crippen LogP contribution in [0.5, 0.6) is 5.75 Å². The number of nitrogens with one attached hydrogen (secondary N) is 1. The van der Waals surface area contributed by atoms with Gasteiger partial charge in [-0.1, -0.05) is 0 Å². The summed E-state index contributed by atoms with van der Waals surface area (Å²) in [5.74, 6) is -0.316. The summed E-state index contributed by atoms with van der Waals surface area (Å²) in [4.78, 5) is 23.0. The molecule has 0 aliphatic rings. The molecule has 10 heteroatoms. The number of aliphatic carboxylic acids is 1. The maximum atomic E-state index is 12.3. The van der Waals surface area contributed by atoms with Crippen LogP contribution in [0.4, 0.5) is 0 Å². The van der Waals surface area contributed by atoms with Crippen LogP contribution >= 0.6 is 28.1 Å². The van der Waals surface area contributed by atoms with Crippen molar-refractivity contribution < 1.29 is 14.6 Å². The van der Waals surface area contributed by atoms with E-state index in [4.69, 9.17) is 22.1 Å². The molecule has 8 nitrogen and oxygen atoms in total. The molecule has 0 aliphatic carbocycles. The quantitative estimate of drug-likeness (QED) is 0.505. The van der Waals surface area contributed by atoms with Crippen molar-refractivity contribution in [3.63, 3.8) is 0 Å². The Morgan fingerprint density at radius 3 is 2.88 bits per heavy atom. The highest BCUT2D eigenvalue weighted by Crippen LogP contribution is 2.26. The predicted molar refractivity (Wildman–Crippen MR) is 103 cm³/mol. The molecule has 2 rings (SSSR count). The molecule has 2 N–H and O–H groups in total. The second-order valence-electron chi connectivity index (χ2n) is 5.59. The van der Waals surface area contributed by atoms with Gasteiger partial charge in [-0.15, -0.1) is 0 Å². The lowest BCUT2D eigenvalue weighted by atomic mass is 10.2. The Balaban J connectivity index is 2.29. The summed E-state index contributed by atoms with van der Waals surface area (Å²) in [5.41, 5.74) is 0.225. The van der Waals surface area contributed by atoms with Gasteiger partial charge in [-0.05, 0) is 65.8 Å². The van der Waals surface area contributed by atoms with E-state index in [2.05, 4.69) is 31.2 Å². The Bertz CT molecular complexity index is 952. The van der Waals surface area contributed by atoms with Crippen LogP contribution in [-0.2, 0) is 11.2 Å². The zero-order chi connectivity index (χ0) is 19.3. The number of H-pyrrole nitrogens is 1. The molecular formula is C16H17BrN4O4S. The van der Waals surface area contributed by atoms with Crippen LogP contribution in [0.15, 0.2) is 32.6 Å². The Kier molecular flexibility index (Phi) is 6.81. The third kappa shape index (κ3) is 5.33. The number of aryl methyl sites for hydroxylation is 1. The van der Waals surface area contributed by atoms with Crippen molar-refractivity contribution >= 4 is 40.3 Å². The number of halogens is 1. The largest absolute Gasteiger partial charge is 0.490 e. The fraction of sp³-hybridized carbons (Fsp3) is 0.312. The minimum Gasteiger partial charge on any atom is -0.490 e. The lowest BCUT2D eigenvalue weighted by molar-refractivity contribution is -0.136. The van der Waals surface area contributed by atoms with Crippen molar-refractivity contribution in [1.82, 2.24) is 14.9 Å². The van der Waals surface area contributed by atoms with Gasteiger partial charge in [0.2, 0.25) is 4.77 Å². The summed E-state index contributed by atoms with van der Waals surface area (Å²) in [7, 11) is 0. The molecular weight excluding hydrogens is 424 g/mol. The average Bonchev–Trinajstić information content (AvgIpc) is 2.56.